The molecule has 3 rings (SSSR count). The molecule has 0 spiro atoms. The number of morpholine rings is 1. The van der Waals surface area contributed by atoms with E-state index >= 15 is 0 Å². The number of piperidine rings is 1. The minimum absolute atomic E-state index is 0.0470. The average molecular weight is 393 g/mol. The lowest BCUT2D eigenvalue weighted by Gasteiger charge is -2.39. The van der Waals surface area contributed by atoms with E-state index in [1.807, 2.05) is 18.7 Å². The molecule has 2 saturated heterocycles. The molecule has 3 heterocycles. The smallest absolute Gasteiger partial charge is 0.317 e. The van der Waals surface area contributed by atoms with E-state index in [2.05, 4.69) is 36.0 Å². The first kappa shape index (κ1) is 21.1. The molecule has 7 heteroatoms. The van der Waals surface area contributed by atoms with Crippen molar-refractivity contribution in [2.24, 2.45) is 11.3 Å². The number of carbonyl (C=O) groups excluding carboxylic acids is 1. The summed E-state index contributed by atoms with van der Waals surface area (Å²) in [6.07, 6.45) is 2.28. The van der Waals surface area contributed by atoms with E-state index in [9.17, 15) is 4.79 Å². The highest BCUT2D eigenvalue weighted by molar-refractivity contribution is 5.74. The Morgan fingerprint density at radius 3 is 2.54 bits per heavy atom. The molecule has 1 atom stereocenters. The van der Waals surface area contributed by atoms with Crippen LogP contribution in [0.3, 0.4) is 0 Å². The van der Waals surface area contributed by atoms with Crippen LogP contribution >= 0.6 is 0 Å². The van der Waals surface area contributed by atoms with Crippen molar-refractivity contribution < 1.29 is 13.9 Å². The molecule has 158 valence electrons. The highest BCUT2D eigenvalue weighted by Crippen LogP contribution is 2.25. The molecule has 2 aliphatic heterocycles. The fraction of sp³-hybridized carbons (Fsp3) is 0.810. The number of nitrogens with one attached hydrogen (secondary N) is 1. The van der Waals surface area contributed by atoms with Gasteiger partial charge in [0.2, 0.25) is 5.89 Å². The van der Waals surface area contributed by atoms with Crippen molar-refractivity contribution in [1.82, 2.24) is 20.1 Å². The number of urea groups is 1. The van der Waals surface area contributed by atoms with Crippen molar-refractivity contribution in [2.45, 2.75) is 60.1 Å². The summed E-state index contributed by atoms with van der Waals surface area (Å²) in [5.74, 6) is 2.25. The second-order valence-electron chi connectivity index (χ2n) is 9.33. The standard InChI is InChI=1S/C21H36N4O3/c1-15-16(2)28-19(23-15)14-24-8-6-17(7-9-24)12-22-20(26)25-10-11-27-18(13-25)21(3,4)5/h17-18H,6-14H2,1-5H3,(H,22,26). The van der Waals surface area contributed by atoms with E-state index in [4.69, 9.17) is 9.15 Å². The fourth-order valence-corrected chi connectivity index (χ4v) is 3.85. The van der Waals surface area contributed by atoms with Gasteiger partial charge in [0.25, 0.3) is 0 Å². The van der Waals surface area contributed by atoms with Gasteiger partial charge in [0.15, 0.2) is 0 Å². The third-order valence-electron chi connectivity index (χ3n) is 6.00. The Morgan fingerprint density at radius 1 is 1.21 bits per heavy atom. The molecule has 7 nitrogen and oxygen atoms in total. The summed E-state index contributed by atoms with van der Waals surface area (Å²) in [4.78, 5) is 21.4. The zero-order valence-electron chi connectivity index (χ0n) is 18.1. The zero-order chi connectivity index (χ0) is 20.3. The molecule has 1 unspecified atom stereocenters. The van der Waals surface area contributed by atoms with Gasteiger partial charge >= 0.3 is 6.03 Å². The lowest BCUT2D eigenvalue weighted by Crippen LogP contribution is -2.53. The number of carbonyl (C=O) groups is 1. The highest BCUT2D eigenvalue weighted by atomic mass is 16.5. The Hall–Kier alpha value is -1.60. The van der Waals surface area contributed by atoms with Gasteiger partial charge in [-0.2, -0.15) is 0 Å². The average Bonchev–Trinajstić information content (AvgIpc) is 2.97. The Morgan fingerprint density at radius 2 is 1.93 bits per heavy atom. The van der Waals surface area contributed by atoms with Crippen LogP contribution in [0, 0.1) is 25.2 Å². The Bertz CT molecular complexity index is 640. The molecule has 0 bridgehead atoms. The Kier molecular flexibility index (Phi) is 6.65. The maximum Gasteiger partial charge on any atom is 0.317 e. The third kappa shape index (κ3) is 5.47. The van der Waals surface area contributed by atoms with Crippen molar-refractivity contribution in [3.05, 3.63) is 17.3 Å². The van der Waals surface area contributed by atoms with Crippen LogP contribution in [-0.4, -0.2) is 66.2 Å². The molecule has 0 aromatic carbocycles. The molecule has 2 amide bonds. The van der Waals surface area contributed by atoms with Crippen LogP contribution in [0.15, 0.2) is 4.42 Å². The van der Waals surface area contributed by atoms with E-state index in [-0.39, 0.29) is 17.6 Å². The van der Waals surface area contributed by atoms with Crippen LogP contribution in [0.1, 0.15) is 51.0 Å². The number of likely N-dealkylation sites (tertiary alicyclic amines) is 1. The predicted molar refractivity (Wildman–Crippen MR) is 108 cm³/mol. The van der Waals surface area contributed by atoms with Crippen LogP contribution in [-0.2, 0) is 11.3 Å². The zero-order valence-corrected chi connectivity index (χ0v) is 18.1. The number of ether oxygens (including phenoxy) is 1. The molecule has 0 aliphatic carbocycles. The second-order valence-corrected chi connectivity index (χ2v) is 9.33. The summed E-state index contributed by atoms with van der Waals surface area (Å²) in [7, 11) is 0. The minimum Gasteiger partial charge on any atom is -0.444 e. The SMILES string of the molecule is Cc1nc(CN2CCC(CNC(=O)N3CCOC(C(C)(C)C)C3)CC2)oc1C. The van der Waals surface area contributed by atoms with Gasteiger partial charge in [-0.05, 0) is 51.1 Å². The van der Waals surface area contributed by atoms with Crippen molar-refractivity contribution in [1.29, 1.82) is 0 Å². The number of aryl methyl sites for hydroxylation is 2. The lowest BCUT2D eigenvalue weighted by atomic mass is 9.88. The summed E-state index contributed by atoms with van der Waals surface area (Å²) < 4.78 is 11.5. The molecule has 1 N–H and O–H groups in total. The molecule has 1 aromatic rings. The van der Waals surface area contributed by atoms with Gasteiger partial charge in [0.1, 0.15) is 5.76 Å². The van der Waals surface area contributed by atoms with Crippen LogP contribution in [0.2, 0.25) is 0 Å². The summed E-state index contributed by atoms with van der Waals surface area (Å²) in [5.41, 5.74) is 1.02. The summed E-state index contributed by atoms with van der Waals surface area (Å²) in [6.45, 7) is 15.9. The number of hydrogen-bond acceptors (Lipinski definition) is 5. The maximum absolute atomic E-state index is 12.6. The van der Waals surface area contributed by atoms with Crippen LogP contribution < -0.4 is 5.32 Å². The Labute approximate surface area is 168 Å². The van der Waals surface area contributed by atoms with Crippen LogP contribution in [0.5, 0.6) is 0 Å². The van der Waals surface area contributed by atoms with Gasteiger partial charge in [-0.25, -0.2) is 9.78 Å². The number of oxazole rings is 1. The topological polar surface area (TPSA) is 70.8 Å². The molecule has 0 radical (unpaired) electrons. The van der Waals surface area contributed by atoms with Gasteiger partial charge < -0.3 is 19.4 Å². The first-order chi connectivity index (χ1) is 13.2. The first-order valence-electron chi connectivity index (χ1n) is 10.5. The van der Waals surface area contributed by atoms with Crippen molar-refractivity contribution >= 4 is 6.03 Å². The summed E-state index contributed by atoms with van der Waals surface area (Å²) in [5, 5.41) is 3.15. The van der Waals surface area contributed by atoms with Crippen molar-refractivity contribution in [2.75, 3.05) is 39.3 Å². The number of amides is 2. The van der Waals surface area contributed by atoms with E-state index < -0.39 is 0 Å². The normalized spacial score (nSPS) is 22.5. The quantitative estimate of drug-likeness (QED) is 0.853. The van der Waals surface area contributed by atoms with Crippen LogP contribution in [0.4, 0.5) is 4.79 Å². The second kappa shape index (κ2) is 8.82. The minimum atomic E-state index is 0.0470. The van der Waals surface area contributed by atoms with Gasteiger partial charge in [0.05, 0.1) is 24.9 Å². The number of rotatable bonds is 4. The molecular formula is C21H36N4O3. The predicted octanol–water partition coefficient (Wildman–Crippen LogP) is 2.96. The first-order valence-corrected chi connectivity index (χ1v) is 10.5. The van der Waals surface area contributed by atoms with E-state index in [0.29, 0.717) is 25.6 Å². The molecule has 0 saturated carbocycles. The van der Waals surface area contributed by atoms with Crippen molar-refractivity contribution in [3.63, 3.8) is 0 Å². The largest absolute Gasteiger partial charge is 0.444 e. The maximum atomic E-state index is 12.6. The van der Waals surface area contributed by atoms with Gasteiger partial charge in [-0.1, -0.05) is 20.8 Å². The summed E-state index contributed by atoms with van der Waals surface area (Å²) >= 11 is 0. The number of aromatic nitrogens is 1. The van der Waals surface area contributed by atoms with E-state index in [1.54, 1.807) is 0 Å². The molecule has 2 aliphatic rings. The molecular weight excluding hydrogens is 356 g/mol. The number of hydrogen-bond donors (Lipinski definition) is 1. The van der Waals surface area contributed by atoms with Gasteiger partial charge in [0, 0.05) is 19.6 Å². The molecule has 1 aromatic heterocycles. The fourth-order valence-electron chi connectivity index (χ4n) is 3.85. The molecule has 28 heavy (non-hydrogen) atoms. The lowest BCUT2D eigenvalue weighted by molar-refractivity contribution is -0.0677. The monoisotopic (exact) mass is 392 g/mol. The van der Waals surface area contributed by atoms with Crippen molar-refractivity contribution in [3.8, 4) is 0 Å². The summed E-state index contributed by atoms with van der Waals surface area (Å²) in [6, 6.07) is 0.0470. The van der Waals surface area contributed by atoms with Crippen LogP contribution in [0.25, 0.3) is 0 Å². The van der Waals surface area contributed by atoms with E-state index in [0.717, 1.165) is 56.4 Å². The molecule has 2 fully saturated rings. The number of nitrogens with zero attached hydrogens (tertiary/aromatic N) is 3. The Balaban J connectivity index is 1.38. The van der Waals surface area contributed by atoms with Gasteiger partial charge in [-0.3, -0.25) is 4.90 Å². The van der Waals surface area contributed by atoms with E-state index in [1.165, 1.54) is 0 Å². The highest BCUT2D eigenvalue weighted by Gasteiger charge is 2.32. The van der Waals surface area contributed by atoms with Gasteiger partial charge in [-0.15, -0.1) is 0 Å². The third-order valence-corrected chi connectivity index (χ3v) is 6.00.